The highest BCUT2D eigenvalue weighted by molar-refractivity contribution is 8.18. The van der Waals surface area contributed by atoms with Crippen molar-refractivity contribution in [2.45, 2.75) is 26.7 Å². The number of amides is 4. The summed E-state index contributed by atoms with van der Waals surface area (Å²) in [5, 5.41) is 2.24. The van der Waals surface area contributed by atoms with Gasteiger partial charge in [-0.1, -0.05) is 19.1 Å². The van der Waals surface area contributed by atoms with Gasteiger partial charge in [0.15, 0.2) is 0 Å². The molecule has 0 spiro atoms. The van der Waals surface area contributed by atoms with Gasteiger partial charge in [0.25, 0.3) is 11.1 Å². The molecule has 0 aromatic heterocycles. The highest BCUT2D eigenvalue weighted by atomic mass is 32.2. The number of rotatable bonds is 4. The van der Waals surface area contributed by atoms with Crippen molar-refractivity contribution in [1.82, 2.24) is 9.80 Å². The minimum absolute atomic E-state index is 0.165. The quantitative estimate of drug-likeness (QED) is 0.784. The van der Waals surface area contributed by atoms with Crippen LogP contribution in [0.4, 0.5) is 10.5 Å². The van der Waals surface area contributed by atoms with Crippen molar-refractivity contribution in [2.24, 2.45) is 5.92 Å². The zero-order valence-electron chi connectivity index (χ0n) is 15.9. The molecule has 2 fully saturated rings. The van der Waals surface area contributed by atoms with Crippen molar-refractivity contribution in [3.05, 3.63) is 34.7 Å². The lowest BCUT2D eigenvalue weighted by Crippen LogP contribution is -2.45. The Hall–Kier alpha value is -2.61. The van der Waals surface area contributed by atoms with Gasteiger partial charge in [-0.25, -0.2) is 0 Å². The van der Waals surface area contributed by atoms with Crippen molar-refractivity contribution < 1.29 is 19.2 Å². The molecule has 0 saturated carbocycles. The number of thioether (sulfide) groups is 1. The molecule has 2 aliphatic rings. The predicted octanol–water partition coefficient (Wildman–Crippen LogP) is 2.94. The molecular weight excluding hydrogens is 378 g/mol. The molecule has 0 unspecified atom stereocenters. The molecule has 0 aliphatic carbocycles. The first-order chi connectivity index (χ1) is 13.3. The minimum Gasteiger partial charge on any atom is -0.341 e. The first-order valence-corrected chi connectivity index (χ1v) is 10.1. The molecule has 2 saturated heterocycles. The normalized spacial score (nSPS) is 19.4. The minimum atomic E-state index is -0.445. The van der Waals surface area contributed by atoms with E-state index in [4.69, 9.17) is 0 Å². The Balaban J connectivity index is 1.65. The second-order valence-corrected chi connectivity index (χ2v) is 8.13. The van der Waals surface area contributed by atoms with E-state index in [1.54, 1.807) is 35.2 Å². The molecule has 2 heterocycles. The van der Waals surface area contributed by atoms with Gasteiger partial charge >= 0.3 is 0 Å². The summed E-state index contributed by atoms with van der Waals surface area (Å²) in [6, 6.07) is 6.94. The Labute approximate surface area is 168 Å². The maximum atomic E-state index is 12.6. The third-order valence-electron chi connectivity index (χ3n) is 4.83. The standard InChI is InChI=1S/C20H23N3O4S/c1-13-7-9-22(10-8-13)18(25)12-23-19(26)17(28-20(23)27)11-15-3-5-16(6-4-15)21-14(2)24/h3-6,11,13H,7-10,12H2,1-2H3,(H,21,24)/b17-11-. The Morgan fingerprint density at radius 3 is 2.43 bits per heavy atom. The SMILES string of the molecule is CC(=O)Nc1ccc(/C=C2\SC(=O)N(CC(=O)N3CCC(C)CC3)C2=O)cc1. The molecule has 0 radical (unpaired) electrons. The largest absolute Gasteiger partial charge is 0.341 e. The van der Waals surface area contributed by atoms with Crippen molar-refractivity contribution in [1.29, 1.82) is 0 Å². The molecule has 0 atom stereocenters. The van der Waals surface area contributed by atoms with Crippen molar-refractivity contribution in [3.63, 3.8) is 0 Å². The zero-order valence-corrected chi connectivity index (χ0v) is 16.8. The number of nitrogens with zero attached hydrogens (tertiary/aromatic N) is 2. The van der Waals surface area contributed by atoms with Crippen molar-refractivity contribution in [2.75, 3.05) is 25.0 Å². The van der Waals surface area contributed by atoms with Gasteiger partial charge in [-0.3, -0.25) is 24.1 Å². The van der Waals surface area contributed by atoms with Gasteiger partial charge in [0, 0.05) is 25.7 Å². The van der Waals surface area contributed by atoms with E-state index in [2.05, 4.69) is 12.2 Å². The fourth-order valence-corrected chi connectivity index (χ4v) is 3.99. The van der Waals surface area contributed by atoms with E-state index < -0.39 is 11.1 Å². The summed E-state index contributed by atoms with van der Waals surface area (Å²) in [5.74, 6) is -0.197. The van der Waals surface area contributed by atoms with Gasteiger partial charge < -0.3 is 10.2 Å². The number of likely N-dealkylation sites (tertiary alicyclic amines) is 1. The Bertz CT molecular complexity index is 826. The van der Waals surface area contributed by atoms with Crippen molar-refractivity contribution >= 4 is 46.5 Å². The van der Waals surface area contributed by atoms with Gasteiger partial charge in [-0.15, -0.1) is 0 Å². The number of carbonyl (C=O) groups is 4. The molecule has 28 heavy (non-hydrogen) atoms. The van der Waals surface area contributed by atoms with E-state index in [9.17, 15) is 19.2 Å². The number of benzene rings is 1. The first kappa shape index (κ1) is 20.1. The molecule has 2 aliphatic heterocycles. The van der Waals surface area contributed by atoms with Crippen LogP contribution in [0.25, 0.3) is 6.08 Å². The maximum absolute atomic E-state index is 12.6. The second-order valence-electron chi connectivity index (χ2n) is 7.13. The Morgan fingerprint density at radius 2 is 1.82 bits per heavy atom. The zero-order chi connectivity index (χ0) is 20.3. The van der Waals surface area contributed by atoms with Gasteiger partial charge in [0.05, 0.1) is 4.91 Å². The van der Waals surface area contributed by atoms with Crippen LogP contribution in [0.5, 0.6) is 0 Å². The summed E-state index contributed by atoms with van der Waals surface area (Å²) in [4.78, 5) is 51.4. The summed E-state index contributed by atoms with van der Waals surface area (Å²) >= 11 is 0.839. The van der Waals surface area contributed by atoms with Gasteiger partial charge in [0.1, 0.15) is 6.54 Å². The van der Waals surface area contributed by atoms with Crippen LogP contribution >= 0.6 is 11.8 Å². The van der Waals surface area contributed by atoms with E-state index in [0.29, 0.717) is 24.7 Å². The predicted molar refractivity (Wildman–Crippen MR) is 108 cm³/mol. The van der Waals surface area contributed by atoms with E-state index in [0.717, 1.165) is 35.1 Å². The molecule has 4 amide bonds. The van der Waals surface area contributed by atoms with Gasteiger partial charge in [-0.2, -0.15) is 0 Å². The van der Waals surface area contributed by atoms with Crippen molar-refractivity contribution in [3.8, 4) is 0 Å². The molecule has 3 rings (SSSR count). The number of imide groups is 1. The number of anilines is 1. The van der Waals surface area contributed by atoms with Crippen LogP contribution in [-0.4, -0.2) is 52.4 Å². The van der Waals surface area contributed by atoms with Gasteiger partial charge in [0.2, 0.25) is 11.8 Å². The lowest BCUT2D eigenvalue weighted by molar-refractivity contribution is -0.136. The summed E-state index contributed by atoms with van der Waals surface area (Å²) in [6.07, 6.45) is 3.51. The molecule has 0 bridgehead atoms. The summed E-state index contributed by atoms with van der Waals surface area (Å²) in [7, 11) is 0. The molecule has 1 aromatic carbocycles. The average Bonchev–Trinajstić information content (AvgIpc) is 2.91. The molecule has 148 valence electrons. The second kappa shape index (κ2) is 8.60. The molecule has 1 aromatic rings. The summed E-state index contributed by atoms with van der Waals surface area (Å²) < 4.78 is 0. The highest BCUT2D eigenvalue weighted by Crippen LogP contribution is 2.32. The van der Waals surface area contributed by atoms with E-state index in [-0.39, 0.29) is 23.3 Å². The van der Waals surface area contributed by atoms with Crippen LogP contribution < -0.4 is 5.32 Å². The third-order valence-corrected chi connectivity index (χ3v) is 5.74. The Kier molecular flexibility index (Phi) is 6.18. The lowest BCUT2D eigenvalue weighted by atomic mass is 9.99. The number of hydrogen-bond acceptors (Lipinski definition) is 5. The maximum Gasteiger partial charge on any atom is 0.294 e. The number of nitrogens with one attached hydrogen (secondary N) is 1. The van der Waals surface area contributed by atoms with Crippen LogP contribution in [0, 0.1) is 5.92 Å². The fourth-order valence-electron chi connectivity index (χ4n) is 3.15. The van der Waals surface area contributed by atoms with Crippen LogP contribution in [0.3, 0.4) is 0 Å². The van der Waals surface area contributed by atoms with E-state index in [1.807, 2.05) is 0 Å². The molecular formula is C20H23N3O4S. The summed E-state index contributed by atoms with van der Waals surface area (Å²) in [6.45, 7) is 4.72. The van der Waals surface area contributed by atoms with Gasteiger partial charge in [-0.05, 0) is 54.3 Å². The topological polar surface area (TPSA) is 86.8 Å². The Morgan fingerprint density at radius 1 is 1.18 bits per heavy atom. The molecule has 8 heteroatoms. The monoisotopic (exact) mass is 401 g/mol. The smallest absolute Gasteiger partial charge is 0.294 e. The van der Waals surface area contributed by atoms with E-state index in [1.165, 1.54) is 6.92 Å². The lowest BCUT2D eigenvalue weighted by Gasteiger charge is -2.31. The number of carbonyl (C=O) groups excluding carboxylic acids is 4. The first-order valence-electron chi connectivity index (χ1n) is 9.24. The highest BCUT2D eigenvalue weighted by Gasteiger charge is 2.37. The van der Waals surface area contributed by atoms with Crippen LogP contribution in [0.15, 0.2) is 29.2 Å². The summed E-state index contributed by atoms with van der Waals surface area (Å²) in [5.41, 5.74) is 1.38. The average molecular weight is 401 g/mol. The fraction of sp³-hybridized carbons (Fsp3) is 0.400. The number of hydrogen-bond donors (Lipinski definition) is 1. The third kappa shape index (κ3) is 4.81. The van der Waals surface area contributed by atoms with Crippen LogP contribution in [0.2, 0.25) is 0 Å². The van der Waals surface area contributed by atoms with Crippen LogP contribution in [0.1, 0.15) is 32.3 Å². The molecule has 7 nitrogen and oxygen atoms in total. The number of piperidine rings is 1. The molecule has 1 N–H and O–H groups in total. The van der Waals surface area contributed by atoms with Crippen LogP contribution in [-0.2, 0) is 14.4 Å². The van der Waals surface area contributed by atoms with E-state index >= 15 is 0 Å².